The Morgan fingerprint density at radius 2 is 2.23 bits per heavy atom. The topological polar surface area (TPSA) is 62.6 Å². The number of aromatic nitrogens is 1. The number of aliphatic hydroxyl groups excluding tert-OH is 1. The van der Waals surface area contributed by atoms with Gasteiger partial charge in [-0.2, -0.15) is 0 Å². The van der Waals surface area contributed by atoms with Crippen LogP contribution in [0.1, 0.15) is 29.5 Å². The van der Waals surface area contributed by atoms with Gasteiger partial charge in [0.2, 0.25) is 5.88 Å². The minimum atomic E-state index is -1.49. The second-order valence-corrected chi connectivity index (χ2v) is 3.86. The van der Waals surface area contributed by atoms with E-state index in [0.29, 0.717) is 17.4 Å². The van der Waals surface area contributed by atoms with Crippen molar-refractivity contribution in [1.82, 2.24) is 4.98 Å². The first-order chi connectivity index (χ1) is 6.15. The van der Waals surface area contributed by atoms with Gasteiger partial charge in [-0.15, -0.1) is 11.3 Å². The van der Waals surface area contributed by atoms with Crippen LogP contribution < -0.4 is 4.74 Å². The highest BCUT2D eigenvalue weighted by Crippen LogP contribution is 2.29. The van der Waals surface area contributed by atoms with E-state index in [0.717, 1.165) is 11.4 Å². The Bertz CT molecular complexity index is 272. The van der Waals surface area contributed by atoms with E-state index >= 15 is 0 Å². The quantitative estimate of drug-likeness (QED) is 0.722. The Labute approximate surface area is 80.8 Å². The van der Waals surface area contributed by atoms with E-state index in [1.54, 1.807) is 6.92 Å². The Morgan fingerprint density at radius 3 is 2.77 bits per heavy atom. The molecule has 74 valence electrons. The summed E-state index contributed by atoms with van der Waals surface area (Å²) in [6.07, 6.45) is -0.615. The van der Waals surface area contributed by atoms with E-state index in [2.05, 4.69) is 4.98 Å². The van der Waals surface area contributed by atoms with Crippen LogP contribution in [0.5, 0.6) is 5.88 Å². The van der Waals surface area contributed by atoms with Gasteiger partial charge in [0.05, 0.1) is 11.6 Å². The Hall–Kier alpha value is -0.650. The monoisotopic (exact) mass is 203 g/mol. The molecule has 5 heteroatoms. The summed E-state index contributed by atoms with van der Waals surface area (Å²) in [5, 5.41) is 18.7. The molecule has 0 saturated carbocycles. The minimum absolute atomic E-state index is 0.347. The maximum absolute atomic E-state index is 8.96. The number of aryl methyl sites for hydroxylation is 1. The number of aliphatic hydroxyl groups is 2. The standard InChI is InChI=1S/C8H13NO3S/c1-3-4-12-7-6(8(10)11)13-5(2)9-7/h8,10-11H,3-4H2,1-2H3. The summed E-state index contributed by atoms with van der Waals surface area (Å²) >= 11 is 1.24. The molecule has 1 heterocycles. The third kappa shape index (κ3) is 2.65. The number of hydrogen-bond acceptors (Lipinski definition) is 5. The molecule has 13 heavy (non-hydrogen) atoms. The van der Waals surface area contributed by atoms with Gasteiger partial charge in [0.25, 0.3) is 0 Å². The van der Waals surface area contributed by atoms with Crippen molar-refractivity contribution in [1.29, 1.82) is 0 Å². The molecule has 0 amide bonds. The molecule has 0 atom stereocenters. The average molecular weight is 203 g/mol. The second kappa shape index (κ2) is 4.55. The number of nitrogens with zero attached hydrogens (tertiary/aromatic N) is 1. The van der Waals surface area contributed by atoms with Crippen molar-refractivity contribution in [3.05, 3.63) is 9.88 Å². The van der Waals surface area contributed by atoms with Gasteiger partial charge in [-0.05, 0) is 13.3 Å². The summed E-state index contributed by atoms with van der Waals surface area (Å²) < 4.78 is 5.25. The largest absolute Gasteiger partial charge is 0.477 e. The van der Waals surface area contributed by atoms with E-state index in [1.807, 2.05) is 6.92 Å². The molecule has 1 rings (SSSR count). The van der Waals surface area contributed by atoms with Gasteiger partial charge in [-0.3, -0.25) is 0 Å². The van der Waals surface area contributed by atoms with E-state index in [4.69, 9.17) is 14.9 Å². The van der Waals surface area contributed by atoms with Crippen LogP contribution >= 0.6 is 11.3 Å². The molecule has 2 N–H and O–H groups in total. The maximum atomic E-state index is 8.96. The highest BCUT2D eigenvalue weighted by atomic mass is 32.1. The van der Waals surface area contributed by atoms with Gasteiger partial charge < -0.3 is 14.9 Å². The molecular weight excluding hydrogens is 190 g/mol. The fourth-order valence-corrected chi connectivity index (χ4v) is 1.63. The van der Waals surface area contributed by atoms with E-state index in [9.17, 15) is 0 Å². The van der Waals surface area contributed by atoms with Crippen molar-refractivity contribution in [2.45, 2.75) is 26.6 Å². The SMILES string of the molecule is CCCOc1nc(C)sc1C(O)O. The molecule has 0 fully saturated rings. The number of hydrogen-bond donors (Lipinski definition) is 2. The van der Waals surface area contributed by atoms with E-state index in [-0.39, 0.29) is 0 Å². The zero-order chi connectivity index (χ0) is 9.84. The van der Waals surface area contributed by atoms with E-state index in [1.165, 1.54) is 11.3 Å². The molecule has 0 aromatic carbocycles. The summed E-state index contributed by atoms with van der Waals surface area (Å²) in [6.45, 7) is 4.33. The van der Waals surface area contributed by atoms with Crippen molar-refractivity contribution < 1.29 is 14.9 Å². The summed E-state index contributed by atoms with van der Waals surface area (Å²) in [5.41, 5.74) is 0. The minimum Gasteiger partial charge on any atom is -0.477 e. The van der Waals surface area contributed by atoms with Crippen LogP contribution in [-0.4, -0.2) is 21.8 Å². The first kappa shape index (κ1) is 10.4. The Balaban J connectivity index is 2.78. The molecular formula is C8H13NO3S. The van der Waals surface area contributed by atoms with Crippen LogP contribution in [0.25, 0.3) is 0 Å². The van der Waals surface area contributed by atoms with Crippen LogP contribution in [0, 0.1) is 6.92 Å². The van der Waals surface area contributed by atoms with Gasteiger partial charge in [0, 0.05) is 0 Å². The first-order valence-corrected chi connectivity index (χ1v) is 4.93. The van der Waals surface area contributed by atoms with Crippen LogP contribution in [-0.2, 0) is 0 Å². The molecule has 1 aromatic rings. The summed E-state index contributed by atoms with van der Waals surface area (Å²) in [7, 11) is 0. The molecule has 0 aliphatic rings. The first-order valence-electron chi connectivity index (χ1n) is 4.11. The predicted molar refractivity (Wildman–Crippen MR) is 49.8 cm³/mol. The van der Waals surface area contributed by atoms with Gasteiger partial charge in [-0.25, -0.2) is 4.98 Å². The van der Waals surface area contributed by atoms with Crippen molar-refractivity contribution in [3.63, 3.8) is 0 Å². The van der Waals surface area contributed by atoms with Gasteiger partial charge in [0.15, 0.2) is 6.29 Å². The van der Waals surface area contributed by atoms with Crippen molar-refractivity contribution in [2.75, 3.05) is 6.61 Å². The molecule has 0 aliphatic carbocycles. The maximum Gasteiger partial charge on any atom is 0.233 e. The zero-order valence-corrected chi connectivity index (χ0v) is 8.47. The summed E-state index contributed by atoms with van der Waals surface area (Å²) in [4.78, 5) is 4.43. The van der Waals surface area contributed by atoms with Crippen molar-refractivity contribution in [2.24, 2.45) is 0 Å². The van der Waals surface area contributed by atoms with Gasteiger partial charge in [0.1, 0.15) is 4.88 Å². The smallest absolute Gasteiger partial charge is 0.233 e. The van der Waals surface area contributed by atoms with Crippen LogP contribution in [0.2, 0.25) is 0 Å². The highest BCUT2D eigenvalue weighted by Gasteiger charge is 2.15. The average Bonchev–Trinajstić information content (AvgIpc) is 2.43. The lowest BCUT2D eigenvalue weighted by molar-refractivity contribution is -0.0414. The molecule has 1 aromatic heterocycles. The molecule has 0 unspecified atom stereocenters. The Kier molecular flexibility index (Phi) is 3.65. The third-order valence-electron chi connectivity index (χ3n) is 1.40. The number of rotatable bonds is 4. The summed E-state index contributed by atoms with van der Waals surface area (Å²) in [6, 6.07) is 0. The zero-order valence-electron chi connectivity index (χ0n) is 7.65. The van der Waals surface area contributed by atoms with Gasteiger partial charge >= 0.3 is 0 Å². The molecule has 0 saturated heterocycles. The van der Waals surface area contributed by atoms with Crippen LogP contribution in [0.4, 0.5) is 0 Å². The lowest BCUT2D eigenvalue weighted by atomic mass is 10.5. The third-order valence-corrected chi connectivity index (χ3v) is 2.40. The molecule has 4 nitrogen and oxygen atoms in total. The lowest BCUT2D eigenvalue weighted by Crippen LogP contribution is -2.00. The molecule has 0 radical (unpaired) electrons. The second-order valence-electron chi connectivity index (χ2n) is 2.62. The lowest BCUT2D eigenvalue weighted by Gasteiger charge is -2.04. The normalized spacial score (nSPS) is 10.8. The van der Waals surface area contributed by atoms with Crippen molar-refractivity contribution in [3.8, 4) is 5.88 Å². The fraction of sp³-hybridized carbons (Fsp3) is 0.625. The number of thiazole rings is 1. The Morgan fingerprint density at radius 1 is 1.54 bits per heavy atom. The van der Waals surface area contributed by atoms with Gasteiger partial charge in [-0.1, -0.05) is 6.92 Å². The van der Waals surface area contributed by atoms with E-state index < -0.39 is 6.29 Å². The number of ether oxygens (including phenoxy) is 1. The molecule has 0 bridgehead atoms. The summed E-state index contributed by atoms with van der Waals surface area (Å²) in [5.74, 6) is 0.347. The highest BCUT2D eigenvalue weighted by molar-refractivity contribution is 7.11. The fourth-order valence-electron chi connectivity index (χ4n) is 0.889. The van der Waals surface area contributed by atoms with Crippen molar-refractivity contribution >= 4 is 11.3 Å². The predicted octanol–water partition coefficient (Wildman–Crippen LogP) is 1.22. The van der Waals surface area contributed by atoms with Crippen LogP contribution in [0.15, 0.2) is 0 Å². The molecule has 0 aliphatic heterocycles. The van der Waals surface area contributed by atoms with Crippen LogP contribution in [0.3, 0.4) is 0 Å². The molecule has 0 spiro atoms.